The van der Waals surface area contributed by atoms with Crippen LogP contribution in [0.5, 0.6) is 0 Å². The first-order valence-corrected chi connectivity index (χ1v) is 6.04. The summed E-state index contributed by atoms with van der Waals surface area (Å²) in [5.41, 5.74) is 5.99. The molecule has 4 heteroatoms. The molecular formula is C13H18F2N2. The third-order valence-corrected chi connectivity index (χ3v) is 3.41. The Bertz CT molecular complexity index is 375. The quantitative estimate of drug-likeness (QED) is 0.861. The van der Waals surface area contributed by atoms with Gasteiger partial charge in [-0.15, -0.1) is 0 Å². The minimum Gasteiger partial charge on any atom is -0.367 e. The molecule has 1 saturated heterocycles. The zero-order chi connectivity index (χ0) is 12.4. The fourth-order valence-electron chi connectivity index (χ4n) is 2.27. The normalized spacial score (nSPS) is 17.5. The van der Waals surface area contributed by atoms with E-state index in [2.05, 4.69) is 6.92 Å². The molecule has 2 nitrogen and oxygen atoms in total. The van der Waals surface area contributed by atoms with Crippen molar-refractivity contribution in [3.05, 3.63) is 29.3 Å². The maximum absolute atomic E-state index is 13.8. The van der Waals surface area contributed by atoms with E-state index in [-0.39, 0.29) is 12.2 Å². The van der Waals surface area contributed by atoms with E-state index in [1.807, 2.05) is 0 Å². The first-order chi connectivity index (χ1) is 8.11. The molecule has 94 valence electrons. The molecule has 0 aliphatic carbocycles. The number of hydrogen-bond donors (Lipinski definition) is 1. The lowest BCUT2D eigenvalue weighted by Gasteiger charge is -2.32. The molecule has 0 radical (unpaired) electrons. The third kappa shape index (κ3) is 2.57. The summed E-state index contributed by atoms with van der Waals surface area (Å²) in [5.74, 6) is -0.360. The van der Waals surface area contributed by atoms with Crippen molar-refractivity contribution in [3.63, 3.8) is 0 Å². The minimum atomic E-state index is -0.500. The summed E-state index contributed by atoms with van der Waals surface area (Å²) < 4.78 is 27.7. The average Bonchev–Trinajstić information content (AvgIpc) is 2.30. The molecule has 0 aromatic heterocycles. The molecule has 0 atom stereocenters. The molecule has 0 unspecified atom stereocenters. The monoisotopic (exact) mass is 240 g/mol. The van der Waals surface area contributed by atoms with Gasteiger partial charge in [0.2, 0.25) is 0 Å². The van der Waals surface area contributed by atoms with Gasteiger partial charge in [0.1, 0.15) is 17.3 Å². The highest BCUT2D eigenvalue weighted by molar-refractivity contribution is 5.51. The number of benzene rings is 1. The Kier molecular flexibility index (Phi) is 3.62. The molecule has 1 aliphatic rings. The zero-order valence-corrected chi connectivity index (χ0v) is 10.0. The van der Waals surface area contributed by atoms with Gasteiger partial charge in [-0.1, -0.05) is 6.92 Å². The number of halogens is 2. The third-order valence-electron chi connectivity index (χ3n) is 3.41. The first kappa shape index (κ1) is 12.3. The van der Waals surface area contributed by atoms with Crippen LogP contribution in [0.2, 0.25) is 0 Å². The molecule has 1 aromatic carbocycles. The van der Waals surface area contributed by atoms with Crippen molar-refractivity contribution in [1.82, 2.24) is 0 Å². The highest BCUT2D eigenvalue weighted by atomic mass is 19.1. The van der Waals surface area contributed by atoms with Crippen LogP contribution in [-0.2, 0) is 6.54 Å². The minimum absolute atomic E-state index is 0.106. The number of hydrogen-bond acceptors (Lipinski definition) is 2. The largest absolute Gasteiger partial charge is 0.367 e. The molecule has 2 N–H and O–H groups in total. The molecule has 17 heavy (non-hydrogen) atoms. The van der Waals surface area contributed by atoms with E-state index in [4.69, 9.17) is 5.73 Å². The second-order valence-electron chi connectivity index (χ2n) is 4.78. The summed E-state index contributed by atoms with van der Waals surface area (Å²) in [5, 5.41) is 0. The summed E-state index contributed by atoms with van der Waals surface area (Å²) in [6, 6.07) is 2.66. The van der Waals surface area contributed by atoms with Gasteiger partial charge in [0, 0.05) is 19.6 Å². The topological polar surface area (TPSA) is 29.3 Å². The van der Waals surface area contributed by atoms with Gasteiger partial charge in [0.15, 0.2) is 0 Å². The maximum Gasteiger partial charge on any atom is 0.149 e. The molecule has 0 bridgehead atoms. The summed E-state index contributed by atoms with van der Waals surface area (Å²) >= 11 is 0. The zero-order valence-electron chi connectivity index (χ0n) is 10.0. The molecule has 0 spiro atoms. The average molecular weight is 240 g/mol. The van der Waals surface area contributed by atoms with Gasteiger partial charge in [0.05, 0.1) is 0 Å². The van der Waals surface area contributed by atoms with E-state index in [9.17, 15) is 8.78 Å². The Morgan fingerprint density at radius 3 is 2.24 bits per heavy atom. The van der Waals surface area contributed by atoms with Crippen LogP contribution in [0.25, 0.3) is 0 Å². The molecule has 0 amide bonds. The summed E-state index contributed by atoms with van der Waals surface area (Å²) in [7, 11) is 0. The van der Waals surface area contributed by atoms with Crippen LogP contribution in [0.15, 0.2) is 12.1 Å². The fourth-order valence-corrected chi connectivity index (χ4v) is 2.27. The van der Waals surface area contributed by atoms with Crippen LogP contribution in [0.1, 0.15) is 25.3 Å². The Hall–Kier alpha value is -1.16. The lowest BCUT2D eigenvalue weighted by atomic mass is 9.98. The Labute approximate surface area is 100 Å². The lowest BCUT2D eigenvalue weighted by molar-refractivity contribution is 0.429. The van der Waals surface area contributed by atoms with E-state index < -0.39 is 11.6 Å². The van der Waals surface area contributed by atoms with Crippen LogP contribution >= 0.6 is 0 Å². The van der Waals surface area contributed by atoms with Crippen LogP contribution in [-0.4, -0.2) is 13.1 Å². The predicted molar refractivity (Wildman–Crippen MR) is 64.9 cm³/mol. The molecule has 1 heterocycles. The van der Waals surface area contributed by atoms with Gasteiger partial charge in [-0.25, -0.2) is 8.78 Å². The lowest BCUT2D eigenvalue weighted by Crippen LogP contribution is -2.34. The van der Waals surface area contributed by atoms with Gasteiger partial charge in [-0.05, 0) is 36.5 Å². The smallest absolute Gasteiger partial charge is 0.149 e. The van der Waals surface area contributed by atoms with Gasteiger partial charge in [-0.3, -0.25) is 0 Å². The molecule has 1 fully saturated rings. The number of piperidine rings is 1. The van der Waals surface area contributed by atoms with Gasteiger partial charge in [-0.2, -0.15) is 0 Å². The first-order valence-electron chi connectivity index (χ1n) is 6.04. The van der Waals surface area contributed by atoms with E-state index in [0.717, 1.165) is 25.9 Å². The Morgan fingerprint density at radius 2 is 1.76 bits per heavy atom. The van der Waals surface area contributed by atoms with E-state index in [0.29, 0.717) is 11.5 Å². The standard InChI is InChI=1S/C13H18F2N2/c1-9-2-4-17(5-3-9)13-11(14)6-10(8-16)7-12(13)15/h6-7,9H,2-5,8,16H2,1H3. The molecule has 2 rings (SSSR count). The molecule has 0 saturated carbocycles. The van der Waals surface area contributed by atoms with Crippen LogP contribution < -0.4 is 10.6 Å². The van der Waals surface area contributed by atoms with Crippen molar-refractivity contribution in [2.24, 2.45) is 11.7 Å². The van der Waals surface area contributed by atoms with Crippen molar-refractivity contribution >= 4 is 5.69 Å². The van der Waals surface area contributed by atoms with Gasteiger partial charge < -0.3 is 10.6 Å². The second kappa shape index (κ2) is 5.00. The highest BCUT2D eigenvalue weighted by Gasteiger charge is 2.22. The second-order valence-corrected chi connectivity index (χ2v) is 4.78. The van der Waals surface area contributed by atoms with Crippen LogP contribution in [0, 0.1) is 17.6 Å². The van der Waals surface area contributed by atoms with E-state index in [1.165, 1.54) is 12.1 Å². The number of rotatable bonds is 2. The van der Waals surface area contributed by atoms with Crippen molar-refractivity contribution in [3.8, 4) is 0 Å². The molecular weight excluding hydrogens is 222 g/mol. The highest BCUT2D eigenvalue weighted by Crippen LogP contribution is 2.28. The van der Waals surface area contributed by atoms with Gasteiger partial charge in [0.25, 0.3) is 0 Å². The van der Waals surface area contributed by atoms with Crippen molar-refractivity contribution in [1.29, 1.82) is 0 Å². The number of anilines is 1. The summed E-state index contributed by atoms with van der Waals surface area (Å²) in [6.45, 7) is 3.76. The van der Waals surface area contributed by atoms with Crippen LogP contribution in [0.3, 0.4) is 0 Å². The predicted octanol–water partition coefficient (Wildman–Crippen LogP) is 2.66. The summed E-state index contributed by atoms with van der Waals surface area (Å²) in [6.07, 6.45) is 1.97. The molecule has 1 aromatic rings. The van der Waals surface area contributed by atoms with Crippen molar-refractivity contribution in [2.45, 2.75) is 26.3 Å². The van der Waals surface area contributed by atoms with E-state index >= 15 is 0 Å². The molecule has 1 aliphatic heterocycles. The number of nitrogens with zero attached hydrogens (tertiary/aromatic N) is 1. The summed E-state index contributed by atoms with van der Waals surface area (Å²) in [4.78, 5) is 1.80. The fraction of sp³-hybridized carbons (Fsp3) is 0.538. The van der Waals surface area contributed by atoms with Crippen LogP contribution in [0.4, 0.5) is 14.5 Å². The maximum atomic E-state index is 13.8. The number of nitrogens with two attached hydrogens (primary N) is 1. The van der Waals surface area contributed by atoms with Crippen molar-refractivity contribution < 1.29 is 8.78 Å². The van der Waals surface area contributed by atoms with Crippen molar-refractivity contribution in [2.75, 3.05) is 18.0 Å². The Balaban J connectivity index is 2.26. The van der Waals surface area contributed by atoms with Gasteiger partial charge >= 0.3 is 0 Å². The Morgan fingerprint density at radius 1 is 1.24 bits per heavy atom. The van der Waals surface area contributed by atoms with E-state index in [1.54, 1.807) is 4.90 Å². The SMILES string of the molecule is CC1CCN(c2c(F)cc(CN)cc2F)CC1.